The second-order valence-corrected chi connectivity index (χ2v) is 8.04. The first-order chi connectivity index (χ1) is 14.1. The van der Waals surface area contributed by atoms with Gasteiger partial charge in [-0.2, -0.15) is 5.26 Å². The highest BCUT2D eigenvalue weighted by molar-refractivity contribution is 6.32. The van der Waals surface area contributed by atoms with E-state index in [4.69, 9.17) is 11.6 Å². The number of nitrogens with one attached hydrogen (secondary N) is 1. The molecule has 2 unspecified atom stereocenters. The summed E-state index contributed by atoms with van der Waals surface area (Å²) in [6.45, 7) is 0.701. The lowest BCUT2D eigenvalue weighted by atomic mass is 9.79. The molecular formula is C23H23ClN4O. The van der Waals surface area contributed by atoms with Gasteiger partial charge in [0.05, 0.1) is 28.8 Å². The van der Waals surface area contributed by atoms with Crippen LogP contribution in [0.5, 0.6) is 0 Å². The Bertz CT molecular complexity index is 999. The zero-order chi connectivity index (χ0) is 20.3. The molecule has 0 bridgehead atoms. The second-order valence-electron chi connectivity index (χ2n) is 7.64. The molecule has 3 aromatic rings. The molecule has 1 saturated carbocycles. The maximum Gasteiger partial charge on any atom is 0.108 e. The molecule has 0 radical (unpaired) electrons. The number of aliphatic hydroxyl groups is 1. The first-order valence-corrected chi connectivity index (χ1v) is 10.2. The predicted octanol–water partition coefficient (Wildman–Crippen LogP) is 4.77. The molecule has 0 aliphatic heterocycles. The Morgan fingerprint density at radius 1 is 1.28 bits per heavy atom. The molecule has 6 heteroatoms. The predicted molar refractivity (Wildman–Crippen MR) is 114 cm³/mol. The summed E-state index contributed by atoms with van der Waals surface area (Å²) < 4.78 is 0. The van der Waals surface area contributed by atoms with E-state index in [2.05, 4.69) is 33.1 Å². The van der Waals surface area contributed by atoms with Crippen molar-refractivity contribution in [1.82, 2.24) is 9.97 Å². The number of aromatic nitrogens is 2. The van der Waals surface area contributed by atoms with Gasteiger partial charge in [0.2, 0.25) is 0 Å². The third kappa shape index (κ3) is 4.14. The number of benzene rings is 2. The molecule has 2 N–H and O–H groups in total. The van der Waals surface area contributed by atoms with Gasteiger partial charge in [0.15, 0.2) is 0 Å². The van der Waals surface area contributed by atoms with E-state index >= 15 is 0 Å². The Kier molecular flexibility index (Phi) is 5.57. The van der Waals surface area contributed by atoms with Gasteiger partial charge in [-0.3, -0.25) is 0 Å². The first-order valence-electron chi connectivity index (χ1n) is 9.80. The molecule has 0 saturated heterocycles. The number of nitrogens with zero attached hydrogens (tertiary/aromatic N) is 3. The SMILES string of the molecule is N#Cc1ccc(N(Cc2ccccc2)C2CCCC(O)(c3cnc[nH]3)C2)cc1Cl. The third-order valence-electron chi connectivity index (χ3n) is 5.74. The van der Waals surface area contributed by atoms with Crippen molar-refractivity contribution in [2.24, 2.45) is 0 Å². The summed E-state index contributed by atoms with van der Waals surface area (Å²) in [4.78, 5) is 9.47. The van der Waals surface area contributed by atoms with Crippen molar-refractivity contribution >= 4 is 17.3 Å². The highest BCUT2D eigenvalue weighted by Gasteiger charge is 2.39. The second kappa shape index (κ2) is 8.28. The fourth-order valence-electron chi connectivity index (χ4n) is 4.23. The Morgan fingerprint density at radius 2 is 2.10 bits per heavy atom. The van der Waals surface area contributed by atoms with Crippen LogP contribution in [0.15, 0.2) is 61.1 Å². The van der Waals surface area contributed by atoms with Gasteiger partial charge >= 0.3 is 0 Å². The van der Waals surface area contributed by atoms with Crippen LogP contribution < -0.4 is 4.90 Å². The van der Waals surface area contributed by atoms with E-state index < -0.39 is 5.60 Å². The summed E-state index contributed by atoms with van der Waals surface area (Å²) in [7, 11) is 0. The Balaban J connectivity index is 1.68. The number of anilines is 1. The molecule has 0 amide bonds. The third-order valence-corrected chi connectivity index (χ3v) is 6.05. The van der Waals surface area contributed by atoms with Crippen LogP contribution >= 0.6 is 11.6 Å². The molecule has 2 atom stereocenters. The van der Waals surface area contributed by atoms with Crippen LogP contribution in [-0.2, 0) is 12.1 Å². The minimum atomic E-state index is -0.926. The molecule has 1 aromatic heterocycles. The molecule has 1 aliphatic carbocycles. The number of halogens is 1. The molecule has 29 heavy (non-hydrogen) atoms. The van der Waals surface area contributed by atoms with Crippen molar-refractivity contribution in [2.45, 2.75) is 43.9 Å². The summed E-state index contributed by atoms with van der Waals surface area (Å²) in [5.41, 5.74) is 2.44. The summed E-state index contributed by atoms with van der Waals surface area (Å²) in [6.07, 6.45) is 6.51. The normalized spacial score (nSPS) is 21.5. The zero-order valence-corrected chi connectivity index (χ0v) is 16.8. The maximum absolute atomic E-state index is 11.3. The van der Waals surface area contributed by atoms with Gasteiger partial charge in [0.25, 0.3) is 0 Å². The quantitative estimate of drug-likeness (QED) is 0.639. The topological polar surface area (TPSA) is 75.9 Å². The van der Waals surface area contributed by atoms with E-state index in [1.165, 1.54) is 5.56 Å². The van der Waals surface area contributed by atoms with Crippen LogP contribution in [0.25, 0.3) is 0 Å². The molecule has 2 aromatic carbocycles. The van der Waals surface area contributed by atoms with E-state index in [1.807, 2.05) is 30.3 Å². The Labute approximate surface area is 175 Å². The molecular weight excluding hydrogens is 384 g/mol. The van der Waals surface area contributed by atoms with Crippen molar-refractivity contribution in [3.8, 4) is 6.07 Å². The molecule has 0 spiro atoms. The van der Waals surface area contributed by atoms with Gasteiger partial charge in [-0.05, 0) is 43.0 Å². The summed E-state index contributed by atoms with van der Waals surface area (Å²) in [5.74, 6) is 0. The lowest BCUT2D eigenvalue weighted by Gasteiger charge is -2.42. The van der Waals surface area contributed by atoms with Crippen LogP contribution in [0.4, 0.5) is 5.69 Å². The molecule has 5 nitrogen and oxygen atoms in total. The molecule has 148 valence electrons. The average Bonchev–Trinajstić information content (AvgIpc) is 3.29. The highest BCUT2D eigenvalue weighted by Crippen LogP contribution is 2.40. The largest absolute Gasteiger partial charge is 0.384 e. The lowest BCUT2D eigenvalue weighted by molar-refractivity contribution is -0.0120. The van der Waals surface area contributed by atoms with Gasteiger partial charge in [-0.15, -0.1) is 0 Å². The minimum absolute atomic E-state index is 0.126. The van der Waals surface area contributed by atoms with E-state index in [1.54, 1.807) is 18.6 Å². The minimum Gasteiger partial charge on any atom is -0.384 e. The zero-order valence-electron chi connectivity index (χ0n) is 16.1. The van der Waals surface area contributed by atoms with Crippen molar-refractivity contribution in [2.75, 3.05) is 4.90 Å². The molecule has 4 rings (SSSR count). The van der Waals surface area contributed by atoms with Crippen LogP contribution in [0, 0.1) is 11.3 Å². The fourth-order valence-corrected chi connectivity index (χ4v) is 4.45. The summed E-state index contributed by atoms with van der Waals surface area (Å²) in [5, 5.41) is 21.0. The number of hydrogen-bond donors (Lipinski definition) is 2. The smallest absolute Gasteiger partial charge is 0.108 e. The maximum atomic E-state index is 11.3. The number of hydrogen-bond acceptors (Lipinski definition) is 4. The lowest BCUT2D eigenvalue weighted by Crippen LogP contribution is -2.44. The number of nitriles is 1. The van der Waals surface area contributed by atoms with Crippen molar-refractivity contribution < 1.29 is 5.11 Å². The summed E-state index contributed by atoms with van der Waals surface area (Å²) >= 11 is 6.34. The van der Waals surface area contributed by atoms with E-state index in [-0.39, 0.29) is 6.04 Å². The average molecular weight is 407 g/mol. The van der Waals surface area contributed by atoms with Gasteiger partial charge < -0.3 is 15.0 Å². The van der Waals surface area contributed by atoms with Gasteiger partial charge in [-0.25, -0.2) is 4.98 Å². The number of rotatable bonds is 5. The van der Waals surface area contributed by atoms with Crippen molar-refractivity contribution in [3.63, 3.8) is 0 Å². The highest BCUT2D eigenvalue weighted by atomic mass is 35.5. The summed E-state index contributed by atoms with van der Waals surface area (Å²) in [6, 6.07) is 18.1. The number of H-pyrrole nitrogens is 1. The van der Waals surface area contributed by atoms with Crippen molar-refractivity contribution in [1.29, 1.82) is 5.26 Å². The van der Waals surface area contributed by atoms with E-state index in [0.717, 1.165) is 24.2 Å². The standard InChI is InChI=1S/C23H23ClN4O/c24-21-11-19(9-8-18(21)13-25)28(15-17-5-2-1-3-6-17)20-7-4-10-23(29,12-20)22-14-26-16-27-22/h1-3,5-6,8-9,11,14,16,20,29H,4,7,10,12,15H2,(H,26,27). The monoisotopic (exact) mass is 406 g/mol. The molecule has 1 fully saturated rings. The van der Waals surface area contributed by atoms with E-state index in [0.29, 0.717) is 30.0 Å². The van der Waals surface area contributed by atoms with Crippen LogP contribution in [0.3, 0.4) is 0 Å². The van der Waals surface area contributed by atoms with E-state index in [9.17, 15) is 10.4 Å². The van der Waals surface area contributed by atoms with Gasteiger partial charge in [0, 0.05) is 24.7 Å². The van der Waals surface area contributed by atoms with Gasteiger partial charge in [-0.1, -0.05) is 41.9 Å². The number of aromatic amines is 1. The van der Waals surface area contributed by atoms with Crippen LogP contribution in [-0.4, -0.2) is 21.1 Å². The fraction of sp³-hybridized carbons (Fsp3) is 0.304. The molecule has 1 heterocycles. The Hall–Kier alpha value is -2.81. The first kappa shape index (κ1) is 19.5. The Morgan fingerprint density at radius 3 is 2.79 bits per heavy atom. The number of imidazole rings is 1. The van der Waals surface area contributed by atoms with Crippen molar-refractivity contribution in [3.05, 3.63) is 82.9 Å². The molecule has 1 aliphatic rings. The van der Waals surface area contributed by atoms with Crippen LogP contribution in [0.2, 0.25) is 5.02 Å². The van der Waals surface area contributed by atoms with Crippen LogP contribution in [0.1, 0.15) is 42.5 Å². The van der Waals surface area contributed by atoms with Gasteiger partial charge in [0.1, 0.15) is 11.7 Å².